The van der Waals surface area contributed by atoms with Crippen LogP contribution in [0.25, 0.3) is 0 Å². The van der Waals surface area contributed by atoms with E-state index in [1.807, 2.05) is 6.92 Å². The third-order valence-electron chi connectivity index (χ3n) is 3.85. The van der Waals surface area contributed by atoms with E-state index in [2.05, 4.69) is 10.6 Å². The molecule has 1 aliphatic rings. The predicted molar refractivity (Wildman–Crippen MR) is 81.6 cm³/mol. The lowest BCUT2D eigenvalue weighted by Crippen LogP contribution is -2.43. The van der Waals surface area contributed by atoms with Gasteiger partial charge in [-0.25, -0.2) is 13.6 Å². The lowest BCUT2D eigenvalue weighted by molar-refractivity contribution is -0.118. The molecule has 1 saturated heterocycles. The van der Waals surface area contributed by atoms with Gasteiger partial charge in [-0.2, -0.15) is 0 Å². The summed E-state index contributed by atoms with van der Waals surface area (Å²) >= 11 is 0. The minimum absolute atomic E-state index is 0.0116. The van der Waals surface area contributed by atoms with Crippen molar-refractivity contribution in [1.29, 1.82) is 0 Å². The van der Waals surface area contributed by atoms with Gasteiger partial charge < -0.3 is 10.6 Å². The Bertz CT molecular complexity index is 650. The molecule has 1 heterocycles. The molecule has 0 spiro atoms. The number of nitrogens with two attached hydrogens (primary N) is 1. The zero-order valence-electron chi connectivity index (χ0n) is 12.3. The Labute approximate surface area is 125 Å². The first-order chi connectivity index (χ1) is 9.79. The molecular weight excluding hydrogens is 290 g/mol. The first-order valence-corrected chi connectivity index (χ1v) is 8.52. The average molecular weight is 311 g/mol. The molecule has 0 aliphatic carbocycles. The van der Waals surface area contributed by atoms with Gasteiger partial charge in [-0.3, -0.25) is 4.79 Å². The Morgan fingerprint density at radius 2 is 2.05 bits per heavy atom. The van der Waals surface area contributed by atoms with Crippen molar-refractivity contribution in [2.24, 2.45) is 5.14 Å². The topological polar surface area (TPSA) is 101 Å². The molecule has 4 N–H and O–H groups in total. The Hall–Kier alpha value is -1.44. The fourth-order valence-electron chi connectivity index (χ4n) is 2.42. The van der Waals surface area contributed by atoms with Crippen molar-refractivity contribution in [3.05, 3.63) is 23.3 Å². The van der Waals surface area contributed by atoms with Gasteiger partial charge in [0.1, 0.15) is 0 Å². The number of carbonyl (C=O) groups excluding carboxylic acids is 1. The van der Waals surface area contributed by atoms with E-state index in [0.717, 1.165) is 36.9 Å². The smallest absolute Gasteiger partial charge is 0.241 e. The lowest BCUT2D eigenvalue weighted by Gasteiger charge is -2.23. The van der Waals surface area contributed by atoms with Crippen LogP contribution in [0.15, 0.2) is 17.0 Å². The summed E-state index contributed by atoms with van der Waals surface area (Å²) < 4.78 is 23.0. The normalized spacial score (nSPS) is 19.3. The van der Waals surface area contributed by atoms with E-state index in [0.29, 0.717) is 5.69 Å². The van der Waals surface area contributed by atoms with Gasteiger partial charge in [0, 0.05) is 5.69 Å². The molecule has 116 valence electrons. The Balaban J connectivity index is 2.26. The van der Waals surface area contributed by atoms with Crippen LogP contribution in [-0.2, 0) is 14.8 Å². The number of anilines is 1. The second-order valence-corrected chi connectivity index (χ2v) is 7.01. The Morgan fingerprint density at radius 3 is 2.62 bits per heavy atom. The summed E-state index contributed by atoms with van der Waals surface area (Å²) in [5, 5.41) is 11.1. The standard InChI is InChI=1S/C14H21N3O3S/c1-9-7-11(21(15,19)20)8-13(10(9)2)17-14(18)12-5-3-4-6-16-12/h7-8,12,16H,3-6H2,1-2H3,(H,17,18)(H2,15,19,20). The molecule has 1 unspecified atom stereocenters. The fraction of sp³-hybridized carbons (Fsp3) is 0.500. The van der Waals surface area contributed by atoms with Crippen molar-refractivity contribution in [3.63, 3.8) is 0 Å². The maximum atomic E-state index is 12.2. The van der Waals surface area contributed by atoms with Gasteiger partial charge in [0.05, 0.1) is 10.9 Å². The summed E-state index contributed by atoms with van der Waals surface area (Å²) in [4.78, 5) is 12.2. The number of primary sulfonamides is 1. The van der Waals surface area contributed by atoms with E-state index in [-0.39, 0.29) is 16.8 Å². The van der Waals surface area contributed by atoms with Crippen LogP contribution in [0.1, 0.15) is 30.4 Å². The summed E-state index contributed by atoms with van der Waals surface area (Å²) in [7, 11) is -3.79. The number of nitrogens with one attached hydrogen (secondary N) is 2. The number of rotatable bonds is 3. The Kier molecular flexibility index (Phi) is 4.65. The van der Waals surface area contributed by atoms with Crippen molar-refractivity contribution in [3.8, 4) is 0 Å². The minimum atomic E-state index is -3.79. The second-order valence-electron chi connectivity index (χ2n) is 5.45. The number of carbonyl (C=O) groups is 1. The highest BCUT2D eigenvalue weighted by molar-refractivity contribution is 7.89. The van der Waals surface area contributed by atoms with Crippen LogP contribution in [0, 0.1) is 13.8 Å². The molecule has 0 saturated carbocycles. The molecule has 1 aliphatic heterocycles. The van der Waals surface area contributed by atoms with Crippen molar-refractivity contribution in [2.75, 3.05) is 11.9 Å². The van der Waals surface area contributed by atoms with Crippen LogP contribution >= 0.6 is 0 Å². The molecule has 1 aromatic carbocycles. The highest BCUT2D eigenvalue weighted by Gasteiger charge is 2.22. The SMILES string of the molecule is Cc1cc(S(N)(=O)=O)cc(NC(=O)C2CCCCN2)c1C. The number of hydrogen-bond donors (Lipinski definition) is 3. The van der Waals surface area contributed by atoms with E-state index in [9.17, 15) is 13.2 Å². The van der Waals surface area contributed by atoms with Crippen LogP contribution in [-0.4, -0.2) is 26.9 Å². The number of piperidine rings is 1. The zero-order valence-corrected chi connectivity index (χ0v) is 13.1. The van der Waals surface area contributed by atoms with Crippen molar-refractivity contribution in [2.45, 2.75) is 44.0 Å². The molecule has 21 heavy (non-hydrogen) atoms. The highest BCUT2D eigenvalue weighted by Crippen LogP contribution is 2.24. The van der Waals surface area contributed by atoms with E-state index in [1.165, 1.54) is 12.1 Å². The minimum Gasteiger partial charge on any atom is -0.324 e. The maximum absolute atomic E-state index is 12.2. The summed E-state index contributed by atoms with van der Waals surface area (Å²) in [6, 6.07) is 2.70. The molecule has 1 aromatic rings. The van der Waals surface area contributed by atoms with E-state index in [1.54, 1.807) is 6.92 Å². The van der Waals surface area contributed by atoms with Crippen molar-refractivity contribution < 1.29 is 13.2 Å². The van der Waals surface area contributed by atoms with Gasteiger partial charge in [0.25, 0.3) is 0 Å². The Morgan fingerprint density at radius 1 is 1.33 bits per heavy atom. The van der Waals surface area contributed by atoms with Gasteiger partial charge in [0.15, 0.2) is 0 Å². The molecule has 0 aromatic heterocycles. The van der Waals surface area contributed by atoms with E-state index in [4.69, 9.17) is 5.14 Å². The lowest BCUT2D eigenvalue weighted by atomic mass is 10.0. The fourth-order valence-corrected chi connectivity index (χ4v) is 3.04. The van der Waals surface area contributed by atoms with Crippen molar-refractivity contribution in [1.82, 2.24) is 5.32 Å². The number of hydrogen-bond acceptors (Lipinski definition) is 4. The summed E-state index contributed by atoms with van der Waals surface area (Å²) in [5.41, 5.74) is 2.11. The van der Waals surface area contributed by atoms with Gasteiger partial charge >= 0.3 is 0 Å². The first kappa shape index (κ1) is 15.9. The first-order valence-electron chi connectivity index (χ1n) is 6.97. The van der Waals surface area contributed by atoms with Gasteiger partial charge in [0.2, 0.25) is 15.9 Å². The van der Waals surface area contributed by atoms with Gasteiger partial charge in [-0.05, 0) is 56.5 Å². The number of amides is 1. The third-order valence-corrected chi connectivity index (χ3v) is 4.75. The monoisotopic (exact) mass is 311 g/mol. The van der Waals surface area contributed by atoms with Gasteiger partial charge in [-0.1, -0.05) is 6.42 Å². The molecular formula is C14H21N3O3S. The molecule has 2 rings (SSSR count). The molecule has 6 nitrogen and oxygen atoms in total. The van der Waals surface area contributed by atoms with Crippen LogP contribution in [0.5, 0.6) is 0 Å². The molecule has 1 amide bonds. The molecule has 0 radical (unpaired) electrons. The van der Waals surface area contributed by atoms with E-state index < -0.39 is 10.0 Å². The van der Waals surface area contributed by atoms with Crippen LogP contribution < -0.4 is 15.8 Å². The van der Waals surface area contributed by atoms with E-state index >= 15 is 0 Å². The molecule has 7 heteroatoms. The summed E-state index contributed by atoms with van der Waals surface area (Å²) in [6.45, 7) is 4.46. The zero-order chi connectivity index (χ0) is 15.6. The number of sulfonamides is 1. The predicted octanol–water partition coefficient (Wildman–Crippen LogP) is 1.03. The molecule has 1 atom stereocenters. The summed E-state index contributed by atoms with van der Waals surface area (Å²) in [6.07, 6.45) is 2.88. The largest absolute Gasteiger partial charge is 0.324 e. The quantitative estimate of drug-likeness (QED) is 0.776. The summed E-state index contributed by atoms with van der Waals surface area (Å²) in [5.74, 6) is -0.135. The average Bonchev–Trinajstić information content (AvgIpc) is 2.43. The van der Waals surface area contributed by atoms with Crippen LogP contribution in [0.4, 0.5) is 5.69 Å². The highest BCUT2D eigenvalue weighted by atomic mass is 32.2. The number of aryl methyl sites for hydroxylation is 1. The molecule has 1 fully saturated rings. The maximum Gasteiger partial charge on any atom is 0.241 e. The van der Waals surface area contributed by atoms with Crippen LogP contribution in [0.3, 0.4) is 0 Å². The third kappa shape index (κ3) is 3.81. The second kappa shape index (κ2) is 6.13. The van der Waals surface area contributed by atoms with Gasteiger partial charge in [-0.15, -0.1) is 0 Å². The van der Waals surface area contributed by atoms with Crippen LogP contribution in [0.2, 0.25) is 0 Å². The van der Waals surface area contributed by atoms with Crippen molar-refractivity contribution >= 4 is 21.6 Å². The molecule has 0 bridgehead atoms. The number of benzene rings is 1.